The molecule has 3 heteroatoms. The SMILES string of the molecule is CC(=O)OC[C@@H]1CCCC[C@@H]1CO. The van der Waals surface area contributed by atoms with Crippen molar-refractivity contribution in [1.82, 2.24) is 0 Å². The van der Waals surface area contributed by atoms with Crippen molar-refractivity contribution in [2.75, 3.05) is 13.2 Å². The van der Waals surface area contributed by atoms with Crippen LogP contribution in [0.15, 0.2) is 0 Å². The van der Waals surface area contributed by atoms with Crippen molar-refractivity contribution in [3.05, 3.63) is 0 Å². The molecule has 0 heterocycles. The Morgan fingerprint density at radius 3 is 2.54 bits per heavy atom. The maximum Gasteiger partial charge on any atom is 0.302 e. The van der Waals surface area contributed by atoms with Gasteiger partial charge in [-0.25, -0.2) is 0 Å². The van der Waals surface area contributed by atoms with Crippen molar-refractivity contribution < 1.29 is 14.6 Å². The molecule has 3 nitrogen and oxygen atoms in total. The van der Waals surface area contributed by atoms with E-state index in [9.17, 15) is 4.79 Å². The average Bonchev–Trinajstić information content (AvgIpc) is 2.15. The fraction of sp³-hybridized carbons (Fsp3) is 0.900. The molecule has 0 aromatic carbocycles. The summed E-state index contributed by atoms with van der Waals surface area (Å²) in [6.07, 6.45) is 4.55. The topological polar surface area (TPSA) is 46.5 Å². The number of aliphatic hydroxyl groups excluding tert-OH is 1. The number of ether oxygens (including phenoxy) is 1. The highest BCUT2D eigenvalue weighted by Crippen LogP contribution is 2.29. The summed E-state index contributed by atoms with van der Waals surface area (Å²) in [6.45, 7) is 2.14. The first kappa shape index (κ1) is 10.5. The Morgan fingerprint density at radius 1 is 1.38 bits per heavy atom. The quantitative estimate of drug-likeness (QED) is 0.677. The molecule has 0 spiro atoms. The lowest BCUT2D eigenvalue weighted by Crippen LogP contribution is -2.27. The van der Waals surface area contributed by atoms with Gasteiger partial charge in [0.05, 0.1) is 6.61 Å². The van der Waals surface area contributed by atoms with Gasteiger partial charge in [0.2, 0.25) is 0 Å². The summed E-state index contributed by atoms with van der Waals surface area (Å²) in [5.74, 6) is 0.498. The molecule has 1 rings (SSSR count). The van der Waals surface area contributed by atoms with Crippen LogP contribution in [0.2, 0.25) is 0 Å². The van der Waals surface area contributed by atoms with Crippen LogP contribution in [0.25, 0.3) is 0 Å². The molecule has 0 amide bonds. The second kappa shape index (κ2) is 5.22. The molecule has 0 aromatic heterocycles. The summed E-state index contributed by atoms with van der Waals surface area (Å²) in [7, 11) is 0. The Hall–Kier alpha value is -0.570. The van der Waals surface area contributed by atoms with Gasteiger partial charge < -0.3 is 9.84 Å². The second-order valence-corrected chi connectivity index (χ2v) is 3.79. The number of carbonyl (C=O) groups excluding carboxylic acids is 1. The highest BCUT2D eigenvalue weighted by molar-refractivity contribution is 5.65. The summed E-state index contributed by atoms with van der Waals surface area (Å²) in [4.78, 5) is 10.6. The van der Waals surface area contributed by atoms with Crippen molar-refractivity contribution >= 4 is 5.97 Å². The number of carbonyl (C=O) groups is 1. The standard InChI is InChI=1S/C10H18O3/c1-8(12)13-7-10-5-3-2-4-9(10)6-11/h9-11H,2-7H2,1H3/t9-,10+/m1/s1. The third kappa shape index (κ3) is 3.35. The molecular formula is C10H18O3. The minimum atomic E-state index is -0.220. The lowest BCUT2D eigenvalue weighted by Gasteiger charge is -2.29. The highest BCUT2D eigenvalue weighted by atomic mass is 16.5. The summed E-state index contributed by atoms with van der Waals surface area (Å²) in [5.41, 5.74) is 0. The largest absolute Gasteiger partial charge is 0.466 e. The number of aliphatic hydroxyl groups is 1. The number of esters is 1. The van der Waals surface area contributed by atoms with Crippen LogP contribution in [-0.4, -0.2) is 24.3 Å². The van der Waals surface area contributed by atoms with Gasteiger partial charge in [0.15, 0.2) is 0 Å². The average molecular weight is 186 g/mol. The van der Waals surface area contributed by atoms with Crippen molar-refractivity contribution in [2.24, 2.45) is 11.8 Å². The van der Waals surface area contributed by atoms with Crippen molar-refractivity contribution in [2.45, 2.75) is 32.6 Å². The third-order valence-corrected chi connectivity index (χ3v) is 2.80. The van der Waals surface area contributed by atoms with Crippen molar-refractivity contribution in [1.29, 1.82) is 0 Å². The lowest BCUT2D eigenvalue weighted by molar-refractivity contribution is -0.143. The Morgan fingerprint density at radius 2 is 2.00 bits per heavy atom. The van der Waals surface area contributed by atoms with Gasteiger partial charge in [-0.3, -0.25) is 4.79 Å². The summed E-state index contributed by atoms with van der Waals surface area (Å²) in [5, 5.41) is 9.09. The smallest absolute Gasteiger partial charge is 0.302 e. The van der Waals surface area contributed by atoms with E-state index < -0.39 is 0 Å². The molecule has 2 atom stereocenters. The van der Waals surface area contributed by atoms with Crippen LogP contribution < -0.4 is 0 Å². The third-order valence-electron chi connectivity index (χ3n) is 2.80. The Labute approximate surface area is 79.1 Å². The predicted molar refractivity (Wildman–Crippen MR) is 49.2 cm³/mol. The van der Waals surface area contributed by atoms with E-state index in [0.717, 1.165) is 12.8 Å². The van der Waals surface area contributed by atoms with E-state index in [4.69, 9.17) is 9.84 Å². The van der Waals surface area contributed by atoms with Crippen molar-refractivity contribution in [3.8, 4) is 0 Å². The molecule has 1 saturated carbocycles. The van der Waals surface area contributed by atoms with Gasteiger partial charge in [0, 0.05) is 13.5 Å². The zero-order valence-electron chi connectivity index (χ0n) is 8.16. The first-order valence-electron chi connectivity index (χ1n) is 4.98. The number of hydrogen-bond donors (Lipinski definition) is 1. The van der Waals surface area contributed by atoms with E-state index in [1.807, 2.05) is 0 Å². The van der Waals surface area contributed by atoms with Crippen LogP contribution in [0, 0.1) is 11.8 Å². The van der Waals surface area contributed by atoms with Gasteiger partial charge in [0.25, 0.3) is 0 Å². The van der Waals surface area contributed by atoms with Crippen molar-refractivity contribution in [3.63, 3.8) is 0 Å². The lowest BCUT2D eigenvalue weighted by atomic mass is 9.80. The normalized spacial score (nSPS) is 28.5. The molecule has 0 aliphatic heterocycles. The minimum absolute atomic E-state index is 0.220. The van der Waals surface area contributed by atoms with E-state index >= 15 is 0 Å². The molecule has 0 unspecified atom stereocenters. The van der Waals surface area contributed by atoms with Crippen LogP contribution in [0.5, 0.6) is 0 Å². The molecule has 0 saturated heterocycles. The summed E-state index contributed by atoms with van der Waals surface area (Å²) in [6, 6.07) is 0. The molecule has 1 N–H and O–H groups in total. The van der Waals surface area contributed by atoms with E-state index in [1.54, 1.807) is 0 Å². The zero-order valence-corrected chi connectivity index (χ0v) is 8.16. The molecule has 13 heavy (non-hydrogen) atoms. The van der Waals surface area contributed by atoms with Crippen LogP contribution in [0.1, 0.15) is 32.6 Å². The van der Waals surface area contributed by atoms with E-state index in [0.29, 0.717) is 18.4 Å². The number of rotatable bonds is 3. The molecule has 1 aliphatic rings. The molecule has 0 aromatic rings. The van der Waals surface area contributed by atoms with E-state index in [2.05, 4.69) is 0 Å². The molecule has 76 valence electrons. The molecule has 1 aliphatic carbocycles. The van der Waals surface area contributed by atoms with Gasteiger partial charge in [0.1, 0.15) is 0 Å². The van der Waals surface area contributed by atoms with Crippen LogP contribution in [-0.2, 0) is 9.53 Å². The maximum absolute atomic E-state index is 10.6. The highest BCUT2D eigenvalue weighted by Gasteiger charge is 2.25. The second-order valence-electron chi connectivity index (χ2n) is 3.79. The zero-order chi connectivity index (χ0) is 9.68. The molecule has 0 radical (unpaired) electrons. The number of hydrogen-bond acceptors (Lipinski definition) is 3. The van der Waals surface area contributed by atoms with Crippen LogP contribution in [0.3, 0.4) is 0 Å². The Balaban J connectivity index is 2.31. The minimum Gasteiger partial charge on any atom is -0.466 e. The Bertz CT molecular complexity index is 168. The molecule has 0 bridgehead atoms. The fourth-order valence-corrected chi connectivity index (χ4v) is 1.97. The molecular weight excluding hydrogens is 168 g/mol. The van der Waals surface area contributed by atoms with Gasteiger partial charge >= 0.3 is 5.97 Å². The fourth-order valence-electron chi connectivity index (χ4n) is 1.97. The predicted octanol–water partition coefficient (Wildman–Crippen LogP) is 1.35. The van der Waals surface area contributed by atoms with Gasteiger partial charge in [-0.1, -0.05) is 12.8 Å². The van der Waals surface area contributed by atoms with Crippen LogP contribution in [0.4, 0.5) is 0 Å². The first-order chi connectivity index (χ1) is 6.24. The van der Waals surface area contributed by atoms with Gasteiger partial charge in [-0.15, -0.1) is 0 Å². The van der Waals surface area contributed by atoms with Gasteiger partial charge in [-0.05, 0) is 24.7 Å². The summed E-state index contributed by atoms with van der Waals surface area (Å²) < 4.78 is 4.96. The maximum atomic E-state index is 10.6. The monoisotopic (exact) mass is 186 g/mol. The van der Waals surface area contributed by atoms with Gasteiger partial charge in [-0.2, -0.15) is 0 Å². The molecule has 1 fully saturated rings. The van der Waals surface area contributed by atoms with Crippen LogP contribution >= 0.6 is 0 Å². The van der Waals surface area contributed by atoms with E-state index in [1.165, 1.54) is 19.8 Å². The van der Waals surface area contributed by atoms with E-state index in [-0.39, 0.29) is 12.6 Å². The summed E-state index contributed by atoms with van der Waals surface area (Å²) >= 11 is 0. The Kier molecular flexibility index (Phi) is 4.22. The first-order valence-corrected chi connectivity index (χ1v) is 4.98.